The number of primary amides is 1. The number of benzene rings is 1. The second-order valence-electron chi connectivity index (χ2n) is 7.07. The summed E-state index contributed by atoms with van der Waals surface area (Å²) in [5.41, 5.74) is 8.77. The molecule has 30 heavy (non-hydrogen) atoms. The molecule has 4 rings (SSSR count). The van der Waals surface area contributed by atoms with E-state index in [1.165, 1.54) is 0 Å². The summed E-state index contributed by atoms with van der Waals surface area (Å²) in [6.45, 7) is 2.44. The fourth-order valence-corrected chi connectivity index (χ4v) is 3.26. The van der Waals surface area contributed by atoms with E-state index in [1.54, 1.807) is 22.7 Å². The number of hydrogen-bond acceptors (Lipinski definition) is 7. The lowest BCUT2D eigenvalue weighted by atomic mass is 10.2. The highest BCUT2D eigenvalue weighted by atomic mass is 16.1. The summed E-state index contributed by atoms with van der Waals surface area (Å²) in [7, 11) is 3.77. The molecule has 3 N–H and O–H groups in total. The van der Waals surface area contributed by atoms with E-state index in [0.29, 0.717) is 46.6 Å². The number of fused-ring (bicyclic) bond motifs is 1. The molecule has 0 unspecified atom stereocenters. The van der Waals surface area contributed by atoms with Crippen molar-refractivity contribution < 1.29 is 4.79 Å². The number of amides is 1. The Labute approximate surface area is 173 Å². The van der Waals surface area contributed by atoms with Crippen molar-refractivity contribution in [3.8, 4) is 11.5 Å². The highest BCUT2D eigenvalue weighted by Crippen LogP contribution is 2.27. The molecule has 0 aliphatic heterocycles. The van der Waals surface area contributed by atoms with Crippen LogP contribution in [0.3, 0.4) is 0 Å². The van der Waals surface area contributed by atoms with Gasteiger partial charge in [-0.15, -0.1) is 10.2 Å². The van der Waals surface area contributed by atoms with Crippen LogP contribution in [0.25, 0.3) is 17.2 Å². The van der Waals surface area contributed by atoms with Crippen molar-refractivity contribution in [3.05, 3.63) is 65.5 Å². The van der Waals surface area contributed by atoms with Crippen LogP contribution in [0.15, 0.2) is 48.7 Å². The minimum absolute atomic E-state index is 0.340. The number of imidazole rings is 1. The summed E-state index contributed by atoms with van der Waals surface area (Å²) in [5, 5.41) is 12.0. The minimum atomic E-state index is -0.538. The Balaban J connectivity index is 1.79. The highest BCUT2D eigenvalue weighted by Gasteiger charge is 2.20. The summed E-state index contributed by atoms with van der Waals surface area (Å²) in [5.74, 6) is 1.10. The molecule has 0 aliphatic rings. The van der Waals surface area contributed by atoms with E-state index < -0.39 is 5.91 Å². The predicted octanol–water partition coefficient (Wildman–Crippen LogP) is 2.27. The predicted molar refractivity (Wildman–Crippen MR) is 115 cm³/mol. The van der Waals surface area contributed by atoms with E-state index in [0.717, 1.165) is 5.56 Å². The van der Waals surface area contributed by atoms with E-state index >= 15 is 0 Å². The molecule has 0 saturated carbocycles. The lowest BCUT2D eigenvalue weighted by Gasteiger charge is -2.16. The molecule has 0 saturated heterocycles. The number of carbonyl (C=O) groups excluding carboxylic acids is 1. The molecular weight excluding hydrogens is 380 g/mol. The molecule has 1 amide bonds. The van der Waals surface area contributed by atoms with E-state index in [-0.39, 0.29) is 0 Å². The molecule has 9 heteroatoms. The molecule has 4 aromatic rings. The normalized spacial score (nSPS) is 10.9. The van der Waals surface area contributed by atoms with E-state index in [4.69, 9.17) is 10.7 Å². The fourth-order valence-electron chi connectivity index (χ4n) is 3.26. The number of rotatable bonds is 6. The van der Waals surface area contributed by atoms with Gasteiger partial charge in [0, 0.05) is 26.8 Å². The summed E-state index contributed by atoms with van der Waals surface area (Å²) in [6, 6.07) is 13.4. The second kappa shape index (κ2) is 7.78. The average molecular weight is 402 g/mol. The van der Waals surface area contributed by atoms with Crippen molar-refractivity contribution in [1.82, 2.24) is 24.6 Å². The molecule has 3 heterocycles. The summed E-state index contributed by atoms with van der Waals surface area (Å²) < 4.78 is 1.77. The number of nitrogens with two attached hydrogens (primary N) is 1. The van der Waals surface area contributed by atoms with Crippen LogP contribution in [-0.4, -0.2) is 44.6 Å². The van der Waals surface area contributed by atoms with Crippen LogP contribution >= 0.6 is 0 Å². The number of pyridine rings is 1. The minimum Gasteiger partial charge on any atom is -0.365 e. The number of nitrogens with zero attached hydrogens (tertiary/aromatic N) is 6. The molecule has 0 bridgehead atoms. The van der Waals surface area contributed by atoms with Gasteiger partial charge in [0.05, 0.1) is 11.3 Å². The molecule has 0 spiro atoms. The largest absolute Gasteiger partial charge is 0.365 e. The zero-order chi connectivity index (χ0) is 21.3. The molecular formula is C21H22N8O. The Kier molecular flexibility index (Phi) is 5.01. The number of nitrogens with one attached hydrogen (secondary N) is 1. The fraction of sp³-hybridized carbons (Fsp3) is 0.190. The standard InChI is InChI=1S/C21H22N8O/c1-13-16(29-11-7-10-15(17(22)30)20(29)24-13)18-25-19(21(27-26-18)28(2)3)23-12-14-8-5-4-6-9-14/h4-11H,12H2,1-3H3,(H2,22,30)(H,23,25,26). The first kappa shape index (κ1) is 19.3. The van der Waals surface area contributed by atoms with Crippen LogP contribution in [-0.2, 0) is 6.54 Å². The van der Waals surface area contributed by atoms with Gasteiger partial charge in [0.25, 0.3) is 5.91 Å². The molecule has 0 fully saturated rings. The van der Waals surface area contributed by atoms with Crippen LogP contribution in [0.4, 0.5) is 11.6 Å². The van der Waals surface area contributed by atoms with Crippen molar-refractivity contribution in [2.24, 2.45) is 5.73 Å². The van der Waals surface area contributed by atoms with Gasteiger partial charge in [-0.05, 0) is 24.6 Å². The van der Waals surface area contributed by atoms with Gasteiger partial charge in [-0.25, -0.2) is 9.97 Å². The van der Waals surface area contributed by atoms with Gasteiger partial charge in [0.15, 0.2) is 11.6 Å². The molecule has 3 aromatic heterocycles. The van der Waals surface area contributed by atoms with Crippen molar-refractivity contribution in [3.63, 3.8) is 0 Å². The monoisotopic (exact) mass is 402 g/mol. The number of anilines is 2. The molecule has 1 aromatic carbocycles. The summed E-state index contributed by atoms with van der Waals surface area (Å²) in [6.07, 6.45) is 1.80. The third-order valence-corrected chi connectivity index (χ3v) is 4.70. The Bertz CT molecular complexity index is 1220. The maximum absolute atomic E-state index is 11.8. The molecule has 0 atom stereocenters. The molecule has 0 aliphatic carbocycles. The van der Waals surface area contributed by atoms with Crippen LogP contribution in [0, 0.1) is 6.92 Å². The third kappa shape index (κ3) is 3.52. The van der Waals surface area contributed by atoms with Crippen LogP contribution in [0.1, 0.15) is 21.6 Å². The maximum Gasteiger partial charge on any atom is 0.252 e. The van der Waals surface area contributed by atoms with E-state index in [1.807, 2.05) is 56.3 Å². The quantitative estimate of drug-likeness (QED) is 0.508. The van der Waals surface area contributed by atoms with Crippen molar-refractivity contribution in [1.29, 1.82) is 0 Å². The van der Waals surface area contributed by atoms with Gasteiger partial charge in [0.2, 0.25) is 5.82 Å². The van der Waals surface area contributed by atoms with E-state index in [2.05, 4.69) is 20.5 Å². The van der Waals surface area contributed by atoms with E-state index in [9.17, 15) is 4.79 Å². The SMILES string of the molecule is Cc1nc2c(C(N)=O)cccn2c1-c1nnc(N(C)C)c(NCc2ccccc2)n1. The lowest BCUT2D eigenvalue weighted by molar-refractivity contribution is 0.100. The van der Waals surface area contributed by atoms with Gasteiger partial charge in [-0.2, -0.15) is 0 Å². The number of aryl methyl sites for hydroxylation is 1. The lowest BCUT2D eigenvalue weighted by Crippen LogP contribution is -2.17. The first-order valence-electron chi connectivity index (χ1n) is 9.43. The van der Waals surface area contributed by atoms with Gasteiger partial charge >= 0.3 is 0 Å². The molecule has 152 valence electrons. The second-order valence-corrected chi connectivity index (χ2v) is 7.07. The van der Waals surface area contributed by atoms with Gasteiger partial charge < -0.3 is 16.0 Å². The zero-order valence-electron chi connectivity index (χ0n) is 17.0. The van der Waals surface area contributed by atoms with Crippen molar-refractivity contribution in [2.75, 3.05) is 24.3 Å². The highest BCUT2D eigenvalue weighted by molar-refractivity contribution is 5.99. The Morgan fingerprint density at radius 1 is 1.10 bits per heavy atom. The number of hydrogen-bond donors (Lipinski definition) is 2. The van der Waals surface area contributed by atoms with Crippen molar-refractivity contribution >= 4 is 23.2 Å². The Morgan fingerprint density at radius 2 is 1.87 bits per heavy atom. The van der Waals surface area contributed by atoms with Crippen LogP contribution in [0.5, 0.6) is 0 Å². The van der Waals surface area contributed by atoms with Gasteiger partial charge in [0.1, 0.15) is 11.3 Å². The first-order valence-corrected chi connectivity index (χ1v) is 9.43. The molecule has 9 nitrogen and oxygen atoms in total. The van der Waals surface area contributed by atoms with Crippen LogP contribution < -0.4 is 16.0 Å². The van der Waals surface area contributed by atoms with Crippen molar-refractivity contribution in [2.45, 2.75) is 13.5 Å². The first-order chi connectivity index (χ1) is 14.5. The maximum atomic E-state index is 11.8. The smallest absolute Gasteiger partial charge is 0.252 e. The number of carbonyl (C=O) groups is 1. The summed E-state index contributed by atoms with van der Waals surface area (Å²) in [4.78, 5) is 22.9. The average Bonchev–Trinajstić information content (AvgIpc) is 3.08. The number of aromatic nitrogens is 5. The third-order valence-electron chi connectivity index (χ3n) is 4.70. The molecule has 0 radical (unpaired) electrons. The Hall–Kier alpha value is -4.01. The van der Waals surface area contributed by atoms with Gasteiger partial charge in [-0.3, -0.25) is 9.20 Å². The summed E-state index contributed by atoms with van der Waals surface area (Å²) >= 11 is 0. The van der Waals surface area contributed by atoms with Gasteiger partial charge in [-0.1, -0.05) is 30.3 Å². The topological polar surface area (TPSA) is 114 Å². The Morgan fingerprint density at radius 3 is 2.57 bits per heavy atom. The zero-order valence-corrected chi connectivity index (χ0v) is 17.0. The van der Waals surface area contributed by atoms with Crippen LogP contribution in [0.2, 0.25) is 0 Å².